The molecular weight excluding hydrogens is 412 g/mol. The highest BCUT2D eigenvalue weighted by atomic mass is 32.2. The maximum Gasteiger partial charge on any atom is 0.322 e. The van der Waals surface area contributed by atoms with E-state index in [1.54, 1.807) is 29.2 Å². The van der Waals surface area contributed by atoms with E-state index < -0.39 is 10.0 Å². The molecular formula is C23H24N4O3S. The van der Waals surface area contributed by atoms with Crippen LogP contribution in [0, 0.1) is 0 Å². The number of nitrogens with one attached hydrogen (secondary N) is 2. The lowest BCUT2D eigenvalue weighted by atomic mass is 9.99. The largest absolute Gasteiger partial charge is 0.361 e. The molecule has 0 radical (unpaired) electrons. The third-order valence-electron chi connectivity index (χ3n) is 5.92. The van der Waals surface area contributed by atoms with Gasteiger partial charge < -0.3 is 15.2 Å². The van der Waals surface area contributed by atoms with Crippen molar-refractivity contribution in [3.05, 3.63) is 66.4 Å². The molecule has 2 aliphatic rings. The predicted octanol–water partition coefficient (Wildman–Crippen LogP) is 4.03. The highest BCUT2D eigenvalue weighted by Gasteiger charge is 2.28. The molecule has 31 heavy (non-hydrogen) atoms. The van der Waals surface area contributed by atoms with Gasteiger partial charge in [-0.05, 0) is 42.7 Å². The van der Waals surface area contributed by atoms with Crippen molar-refractivity contribution in [2.75, 3.05) is 35.0 Å². The third kappa shape index (κ3) is 3.79. The number of rotatable bonds is 3. The van der Waals surface area contributed by atoms with Gasteiger partial charge in [0.1, 0.15) is 0 Å². The molecule has 2 aromatic carbocycles. The fourth-order valence-corrected chi connectivity index (χ4v) is 5.86. The van der Waals surface area contributed by atoms with Gasteiger partial charge in [-0.1, -0.05) is 30.3 Å². The van der Waals surface area contributed by atoms with Gasteiger partial charge in [0.15, 0.2) is 0 Å². The summed E-state index contributed by atoms with van der Waals surface area (Å²) in [7, 11) is -3.25. The summed E-state index contributed by atoms with van der Waals surface area (Å²) in [5, 5.41) is 4.11. The van der Waals surface area contributed by atoms with E-state index in [-0.39, 0.29) is 11.8 Å². The van der Waals surface area contributed by atoms with Gasteiger partial charge in [0, 0.05) is 48.0 Å². The van der Waals surface area contributed by atoms with Crippen molar-refractivity contribution in [2.24, 2.45) is 0 Å². The second-order valence-electron chi connectivity index (χ2n) is 7.90. The summed E-state index contributed by atoms with van der Waals surface area (Å²) in [5.74, 6) is 0.169. The Kier molecular flexibility index (Phi) is 4.94. The van der Waals surface area contributed by atoms with Crippen LogP contribution in [0.4, 0.5) is 16.2 Å². The maximum absolute atomic E-state index is 12.8. The number of nitrogens with zero attached hydrogens (tertiary/aromatic N) is 2. The SMILES string of the molecule is O=C(Nc1cccc(N2CCCS2(=O)=O)c1)N1CC=C(c2c[nH]c3ccccc23)CC1. The molecule has 3 heterocycles. The summed E-state index contributed by atoms with van der Waals surface area (Å²) >= 11 is 0. The molecule has 0 unspecified atom stereocenters. The number of anilines is 2. The number of hydrogen-bond donors (Lipinski definition) is 2. The van der Waals surface area contributed by atoms with Gasteiger partial charge in [0.05, 0.1) is 11.4 Å². The van der Waals surface area contributed by atoms with E-state index in [1.807, 2.05) is 18.3 Å². The average Bonchev–Trinajstić information content (AvgIpc) is 3.36. The van der Waals surface area contributed by atoms with Crippen molar-refractivity contribution in [3.63, 3.8) is 0 Å². The summed E-state index contributed by atoms with van der Waals surface area (Å²) in [6.45, 7) is 1.63. The van der Waals surface area contributed by atoms with Gasteiger partial charge in [0.25, 0.3) is 0 Å². The summed E-state index contributed by atoms with van der Waals surface area (Å²) in [5.41, 5.74) is 4.72. The lowest BCUT2D eigenvalue weighted by Crippen LogP contribution is -2.37. The molecule has 5 rings (SSSR count). The molecule has 0 saturated carbocycles. The Labute approximate surface area is 181 Å². The van der Waals surface area contributed by atoms with E-state index in [0.29, 0.717) is 37.4 Å². The molecule has 3 aromatic rings. The van der Waals surface area contributed by atoms with Crippen molar-refractivity contribution in [1.82, 2.24) is 9.88 Å². The molecule has 0 aliphatic carbocycles. The van der Waals surface area contributed by atoms with Crippen LogP contribution >= 0.6 is 0 Å². The standard InChI is InChI=1S/C23H24N4O3S/c28-23(25-18-5-3-6-19(15-18)27-11-4-14-31(27,29)30)26-12-9-17(10-13-26)21-16-24-22-8-2-1-7-20(21)22/h1-3,5-9,15-16,24H,4,10-14H2,(H,25,28). The molecule has 0 spiro atoms. The predicted molar refractivity (Wildman–Crippen MR) is 124 cm³/mol. The lowest BCUT2D eigenvalue weighted by Gasteiger charge is -2.27. The topological polar surface area (TPSA) is 85.5 Å². The molecule has 0 bridgehead atoms. The van der Waals surface area contributed by atoms with Gasteiger partial charge in [-0.3, -0.25) is 4.31 Å². The Balaban J connectivity index is 1.28. The minimum absolute atomic E-state index is 0.169. The Bertz CT molecular complexity index is 1280. The van der Waals surface area contributed by atoms with Crippen molar-refractivity contribution in [3.8, 4) is 0 Å². The number of benzene rings is 2. The number of para-hydroxylation sites is 1. The first-order valence-electron chi connectivity index (χ1n) is 10.4. The zero-order valence-corrected chi connectivity index (χ0v) is 17.9. The van der Waals surface area contributed by atoms with Crippen LogP contribution in [0.25, 0.3) is 16.5 Å². The van der Waals surface area contributed by atoms with Crippen LogP contribution < -0.4 is 9.62 Å². The van der Waals surface area contributed by atoms with Crippen LogP contribution in [0.3, 0.4) is 0 Å². The second kappa shape index (κ2) is 7.77. The fourth-order valence-electron chi connectivity index (χ4n) is 4.31. The van der Waals surface area contributed by atoms with Crippen molar-refractivity contribution in [2.45, 2.75) is 12.8 Å². The molecule has 2 aliphatic heterocycles. The zero-order valence-electron chi connectivity index (χ0n) is 17.0. The number of amides is 2. The smallest absolute Gasteiger partial charge is 0.322 e. The molecule has 7 nitrogen and oxygen atoms in total. The van der Waals surface area contributed by atoms with Gasteiger partial charge in [-0.25, -0.2) is 13.2 Å². The first-order valence-corrected chi connectivity index (χ1v) is 12.0. The molecule has 1 aromatic heterocycles. The van der Waals surface area contributed by atoms with Crippen LogP contribution in [0.1, 0.15) is 18.4 Å². The van der Waals surface area contributed by atoms with Gasteiger partial charge in [-0.2, -0.15) is 0 Å². The Morgan fingerprint density at radius 2 is 1.94 bits per heavy atom. The number of fused-ring (bicyclic) bond motifs is 1. The van der Waals surface area contributed by atoms with E-state index in [4.69, 9.17) is 0 Å². The molecule has 160 valence electrons. The molecule has 0 atom stereocenters. The van der Waals surface area contributed by atoms with E-state index >= 15 is 0 Å². The first kappa shape index (κ1) is 19.7. The minimum atomic E-state index is -3.25. The number of urea groups is 1. The summed E-state index contributed by atoms with van der Waals surface area (Å²) in [4.78, 5) is 17.8. The van der Waals surface area contributed by atoms with Crippen molar-refractivity contribution < 1.29 is 13.2 Å². The number of hydrogen-bond acceptors (Lipinski definition) is 3. The first-order chi connectivity index (χ1) is 15.0. The van der Waals surface area contributed by atoms with Crippen LogP contribution in [-0.4, -0.2) is 49.7 Å². The number of carbonyl (C=O) groups is 1. The number of aromatic nitrogens is 1. The van der Waals surface area contributed by atoms with Crippen molar-refractivity contribution >= 4 is 43.9 Å². The van der Waals surface area contributed by atoms with Crippen LogP contribution in [0.2, 0.25) is 0 Å². The minimum Gasteiger partial charge on any atom is -0.361 e. The monoisotopic (exact) mass is 436 g/mol. The normalized spacial score (nSPS) is 18.3. The number of aromatic amines is 1. The van der Waals surface area contributed by atoms with Crippen LogP contribution in [-0.2, 0) is 10.0 Å². The summed E-state index contributed by atoms with van der Waals surface area (Å²) in [6.07, 6.45) is 5.54. The summed E-state index contributed by atoms with van der Waals surface area (Å²) in [6, 6.07) is 15.1. The molecule has 2 amide bonds. The van der Waals surface area contributed by atoms with Gasteiger partial charge in [-0.15, -0.1) is 0 Å². The number of carbonyl (C=O) groups excluding carboxylic acids is 1. The summed E-state index contributed by atoms with van der Waals surface area (Å²) < 4.78 is 25.8. The van der Waals surface area contributed by atoms with E-state index in [2.05, 4.69) is 28.5 Å². The Morgan fingerprint density at radius 3 is 2.71 bits per heavy atom. The van der Waals surface area contributed by atoms with Crippen LogP contribution in [0.15, 0.2) is 60.8 Å². The fraction of sp³-hybridized carbons (Fsp3) is 0.261. The third-order valence-corrected chi connectivity index (χ3v) is 7.79. The molecule has 1 fully saturated rings. The lowest BCUT2D eigenvalue weighted by molar-refractivity contribution is 0.217. The maximum atomic E-state index is 12.8. The number of H-pyrrole nitrogens is 1. The zero-order chi connectivity index (χ0) is 21.4. The average molecular weight is 437 g/mol. The highest BCUT2D eigenvalue weighted by Crippen LogP contribution is 2.30. The molecule has 1 saturated heterocycles. The highest BCUT2D eigenvalue weighted by molar-refractivity contribution is 7.93. The molecule has 2 N–H and O–H groups in total. The second-order valence-corrected chi connectivity index (χ2v) is 9.91. The van der Waals surface area contributed by atoms with E-state index in [0.717, 1.165) is 11.9 Å². The Morgan fingerprint density at radius 1 is 1.06 bits per heavy atom. The van der Waals surface area contributed by atoms with Crippen LogP contribution in [0.5, 0.6) is 0 Å². The van der Waals surface area contributed by atoms with Crippen molar-refractivity contribution in [1.29, 1.82) is 0 Å². The quantitative estimate of drug-likeness (QED) is 0.650. The van der Waals surface area contributed by atoms with E-state index in [1.165, 1.54) is 20.8 Å². The van der Waals surface area contributed by atoms with Gasteiger partial charge >= 0.3 is 6.03 Å². The number of sulfonamides is 1. The Hall–Kier alpha value is -3.26. The molecule has 8 heteroatoms. The van der Waals surface area contributed by atoms with E-state index in [9.17, 15) is 13.2 Å². The van der Waals surface area contributed by atoms with Gasteiger partial charge in [0.2, 0.25) is 10.0 Å².